The molecule has 0 spiro atoms. The van der Waals surface area contributed by atoms with Crippen LogP contribution in [0.2, 0.25) is 0 Å². The topological polar surface area (TPSA) is 71.7 Å². The van der Waals surface area contributed by atoms with Crippen LogP contribution in [0.3, 0.4) is 0 Å². The Kier molecular flexibility index (Phi) is 5.45. The Labute approximate surface area is 148 Å². The molecule has 2 unspecified atom stereocenters. The van der Waals surface area contributed by atoms with E-state index in [2.05, 4.69) is 5.32 Å². The highest BCUT2D eigenvalue weighted by Gasteiger charge is 2.21. The van der Waals surface area contributed by atoms with Crippen molar-refractivity contribution in [2.75, 3.05) is 13.2 Å². The summed E-state index contributed by atoms with van der Waals surface area (Å²) in [7, 11) is 0. The molecule has 0 bridgehead atoms. The number of aliphatic hydroxyl groups excluding tert-OH is 1. The molecule has 1 aromatic heterocycles. The highest BCUT2D eigenvalue weighted by Crippen LogP contribution is 2.34. The van der Waals surface area contributed by atoms with E-state index in [9.17, 15) is 9.90 Å². The lowest BCUT2D eigenvalue weighted by atomic mass is 9.90. The van der Waals surface area contributed by atoms with Crippen LogP contribution in [0.25, 0.3) is 11.0 Å². The second kappa shape index (κ2) is 7.58. The van der Waals surface area contributed by atoms with Crippen LogP contribution in [0.1, 0.15) is 43.4 Å². The first-order chi connectivity index (χ1) is 12.0. The molecule has 0 amide bonds. The highest BCUT2D eigenvalue weighted by molar-refractivity contribution is 5.88. The summed E-state index contributed by atoms with van der Waals surface area (Å²) in [5.41, 5.74) is 3.33. The Bertz CT molecular complexity index is 809. The number of benzene rings is 1. The maximum Gasteiger partial charge on any atom is 0.339 e. The van der Waals surface area contributed by atoms with Crippen LogP contribution < -0.4 is 15.7 Å². The third-order valence-electron chi connectivity index (χ3n) is 4.68. The lowest BCUT2D eigenvalue weighted by Gasteiger charge is -2.20. The van der Waals surface area contributed by atoms with Gasteiger partial charge < -0.3 is 19.6 Å². The molecule has 0 radical (unpaired) electrons. The Morgan fingerprint density at radius 1 is 1.24 bits per heavy atom. The Morgan fingerprint density at radius 3 is 2.68 bits per heavy atom. The van der Waals surface area contributed by atoms with Gasteiger partial charge in [-0.05, 0) is 69.7 Å². The van der Waals surface area contributed by atoms with Crippen LogP contribution in [-0.2, 0) is 12.8 Å². The van der Waals surface area contributed by atoms with Crippen LogP contribution in [0.4, 0.5) is 0 Å². The second-order valence-electron chi connectivity index (χ2n) is 7.16. The van der Waals surface area contributed by atoms with E-state index in [1.165, 1.54) is 0 Å². The summed E-state index contributed by atoms with van der Waals surface area (Å²) in [6.07, 6.45) is 3.42. The normalized spacial score (nSPS) is 16.5. The molecule has 0 saturated carbocycles. The Balaban J connectivity index is 1.93. The molecule has 0 saturated heterocycles. The average molecular weight is 345 g/mol. The zero-order chi connectivity index (χ0) is 18.0. The van der Waals surface area contributed by atoms with Crippen molar-refractivity contribution in [1.82, 2.24) is 5.32 Å². The molecule has 3 rings (SSSR count). The van der Waals surface area contributed by atoms with Gasteiger partial charge in [-0.1, -0.05) is 0 Å². The number of ether oxygens (including phenoxy) is 1. The van der Waals surface area contributed by atoms with Gasteiger partial charge in [-0.15, -0.1) is 0 Å². The van der Waals surface area contributed by atoms with Gasteiger partial charge in [0.25, 0.3) is 0 Å². The Hall–Kier alpha value is -1.85. The van der Waals surface area contributed by atoms with Crippen molar-refractivity contribution in [1.29, 1.82) is 0 Å². The summed E-state index contributed by atoms with van der Waals surface area (Å²) >= 11 is 0. The first-order valence-corrected chi connectivity index (χ1v) is 9.09. The Morgan fingerprint density at radius 2 is 1.96 bits per heavy atom. The third-order valence-corrected chi connectivity index (χ3v) is 4.68. The molecule has 1 aromatic carbocycles. The fraction of sp³-hybridized carbons (Fsp3) is 0.550. The van der Waals surface area contributed by atoms with Crippen LogP contribution in [0.15, 0.2) is 21.3 Å². The molecule has 5 nitrogen and oxygen atoms in total. The summed E-state index contributed by atoms with van der Waals surface area (Å²) in [4.78, 5) is 12.3. The largest absolute Gasteiger partial charge is 0.491 e. The summed E-state index contributed by atoms with van der Waals surface area (Å²) in [6.45, 7) is 6.77. The highest BCUT2D eigenvalue weighted by atomic mass is 16.5. The zero-order valence-corrected chi connectivity index (χ0v) is 15.2. The average Bonchev–Trinajstić information content (AvgIpc) is 2.57. The fourth-order valence-corrected chi connectivity index (χ4v) is 3.43. The minimum absolute atomic E-state index is 0.108. The van der Waals surface area contributed by atoms with E-state index in [4.69, 9.17) is 9.15 Å². The molecule has 2 atom stereocenters. The molecule has 2 aromatic rings. The van der Waals surface area contributed by atoms with Gasteiger partial charge >= 0.3 is 5.63 Å². The number of aryl methyl sites for hydroxylation is 2. The van der Waals surface area contributed by atoms with E-state index in [1.807, 2.05) is 26.0 Å². The maximum atomic E-state index is 12.3. The smallest absolute Gasteiger partial charge is 0.339 e. The number of rotatable bonds is 6. The third kappa shape index (κ3) is 4.05. The molecule has 25 heavy (non-hydrogen) atoms. The van der Waals surface area contributed by atoms with Crippen molar-refractivity contribution in [2.45, 2.75) is 58.6 Å². The van der Waals surface area contributed by atoms with Crippen molar-refractivity contribution >= 4 is 11.0 Å². The SMILES string of the molecule is Cc1cc(OCC(C)NCC(C)O)c2c3c(c(=O)oc2c1)CCCC3. The first-order valence-electron chi connectivity index (χ1n) is 9.09. The minimum Gasteiger partial charge on any atom is -0.491 e. The molecule has 0 aliphatic heterocycles. The van der Waals surface area contributed by atoms with E-state index in [-0.39, 0.29) is 17.8 Å². The van der Waals surface area contributed by atoms with Crippen LogP contribution in [0.5, 0.6) is 5.75 Å². The molecule has 136 valence electrons. The number of hydrogen-bond donors (Lipinski definition) is 2. The summed E-state index contributed by atoms with van der Waals surface area (Å²) in [5, 5.41) is 13.6. The number of aliphatic hydroxyl groups is 1. The predicted octanol–water partition coefficient (Wildman–Crippen LogP) is 2.72. The van der Waals surface area contributed by atoms with E-state index >= 15 is 0 Å². The summed E-state index contributed by atoms with van der Waals surface area (Å²) in [6, 6.07) is 4.03. The quantitative estimate of drug-likeness (QED) is 0.788. The number of hydrogen-bond acceptors (Lipinski definition) is 5. The zero-order valence-electron chi connectivity index (χ0n) is 15.2. The van der Waals surface area contributed by atoms with E-state index in [1.54, 1.807) is 6.92 Å². The van der Waals surface area contributed by atoms with Gasteiger partial charge in [0.05, 0.1) is 11.5 Å². The van der Waals surface area contributed by atoms with Crippen LogP contribution in [-0.4, -0.2) is 30.4 Å². The van der Waals surface area contributed by atoms with E-state index in [0.29, 0.717) is 18.7 Å². The number of nitrogens with one attached hydrogen (secondary N) is 1. The van der Waals surface area contributed by atoms with Gasteiger partial charge in [0, 0.05) is 18.2 Å². The molecular weight excluding hydrogens is 318 g/mol. The van der Waals surface area contributed by atoms with Crippen LogP contribution in [0, 0.1) is 6.92 Å². The standard InChI is InChI=1S/C20H27NO4/c1-12-8-17(24-11-13(2)21-10-14(3)22)19-15-6-4-5-7-16(15)20(23)25-18(19)9-12/h8-9,13-14,21-22H,4-7,10-11H2,1-3H3. The molecular formula is C20H27NO4. The minimum atomic E-state index is -0.386. The summed E-state index contributed by atoms with van der Waals surface area (Å²) in [5.74, 6) is 0.780. The van der Waals surface area contributed by atoms with Crippen molar-refractivity contribution in [2.24, 2.45) is 0 Å². The monoisotopic (exact) mass is 345 g/mol. The van der Waals surface area contributed by atoms with Gasteiger partial charge in [-0.25, -0.2) is 4.79 Å². The molecule has 1 aliphatic rings. The van der Waals surface area contributed by atoms with Crippen molar-refractivity contribution in [3.8, 4) is 5.75 Å². The van der Waals surface area contributed by atoms with Crippen molar-refractivity contribution < 1.29 is 14.3 Å². The molecule has 1 aliphatic carbocycles. The maximum absolute atomic E-state index is 12.3. The molecule has 0 fully saturated rings. The fourth-order valence-electron chi connectivity index (χ4n) is 3.43. The lowest BCUT2D eigenvalue weighted by molar-refractivity contribution is 0.179. The van der Waals surface area contributed by atoms with Crippen molar-refractivity contribution in [3.63, 3.8) is 0 Å². The molecule has 5 heteroatoms. The van der Waals surface area contributed by atoms with Gasteiger partial charge in [-0.3, -0.25) is 0 Å². The molecule has 1 heterocycles. The van der Waals surface area contributed by atoms with Gasteiger partial charge in [0.1, 0.15) is 17.9 Å². The number of fused-ring (bicyclic) bond motifs is 3. The van der Waals surface area contributed by atoms with E-state index < -0.39 is 0 Å². The van der Waals surface area contributed by atoms with Crippen LogP contribution >= 0.6 is 0 Å². The van der Waals surface area contributed by atoms with Gasteiger partial charge in [0.2, 0.25) is 0 Å². The van der Waals surface area contributed by atoms with Gasteiger partial charge in [0.15, 0.2) is 0 Å². The molecule has 2 N–H and O–H groups in total. The second-order valence-corrected chi connectivity index (χ2v) is 7.16. The lowest BCUT2D eigenvalue weighted by Crippen LogP contribution is -2.36. The van der Waals surface area contributed by atoms with Crippen molar-refractivity contribution in [3.05, 3.63) is 39.2 Å². The van der Waals surface area contributed by atoms with E-state index in [0.717, 1.165) is 53.5 Å². The summed E-state index contributed by atoms with van der Waals surface area (Å²) < 4.78 is 11.7. The predicted molar refractivity (Wildman–Crippen MR) is 98.5 cm³/mol. The van der Waals surface area contributed by atoms with Gasteiger partial charge in [-0.2, -0.15) is 0 Å². The first kappa shape index (κ1) is 18.0.